The molecular weight excluding hydrogens is 310 g/mol. The Morgan fingerprint density at radius 1 is 1.12 bits per heavy atom. The van der Waals surface area contributed by atoms with Crippen molar-refractivity contribution in [3.63, 3.8) is 0 Å². The summed E-state index contributed by atoms with van der Waals surface area (Å²) in [5, 5.41) is 5.94. The van der Waals surface area contributed by atoms with E-state index in [-0.39, 0.29) is 29.0 Å². The van der Waals surface area contributed by atoms with Crippen LogP contribution in [0.15, 0.2) is 53.6 Å². The Morgan fingerprint density at radius 3 is 2.62 bits per heavy atom. The monoisotopic (exact) mass is 321 g/mol. The third-order valence-corrected chi connectivity index (χ3v) is 3.53. The van der Waals surface area contributed by atoms with Gasteiger partial charge >= 0.3 is 0 Å². The number of amides is 3. The Balaban J connectivity index is 2.15. The van der Waals surface area contributed by atoms with E-state index < -0.39 is 17.7 Å². The van der Waals surface area contributed by atoms with Crippen LogP contribution in [-0.2, 0) is 4.79 Å². The maximum atomic E-state index is 12.9. The maximum Gasteiger partial charge on any atom is 0.265 e. The standard InChI is InChI=1S/C16H11N5O3/c17-20-19-12-7-3-1-5-10(12)16(24)21-13-8-4-2-6-11(13)15(23)18-9-14(21)22/h1-8H,9H2,(H,18,23). The number of hydrogen-bond donors (Lipinski definition) is 1. The summed E-state index contributed by atoms with van der Waals surface area (Å²) in [6.45, 7) is -0.303. The van der Waals surface area contributed by atoms with Gasteiger partial charge in [-0.3, -0.25) is 14.4 Å². The van der Waals surface area contributed by atoms with E-state index in [0.29, 0.717) is 0 Å². The number of benzene rings is 2. The van der Waals surface area contributed by atoms with Crippen LogP contribution in [0.2, 0.25) is 0 Å². The summed E-state index contributed by atoms with van der Waals surface area (Å²) in [6.07, 6.45) is 0. The molecular formula is C16H11N5O3. The van der Waals surface area contributed by atoms with E-state index in [1.54, 1.807) is 24.3 Å². The molecule has 2 aromatic carbocycles. The minimum atomic E-state index is -0.660. The van der Waals surface area contributed by atoms with Gasteiger partial charge in [0.05, 0.1) is 23.5 Å². The molecule has 3 amide bonds. The number of carbonyl (C=O) groups is 3. The van der Waals surface area contributed by atoms with E-state index >= 15 is 0 Å². The highest BCUT2D eigenvalue weighted by Crippen LogP contribution is 2.27. The Morgan fingerprint density at radius 2 is 1.83 bits per heavy atom. The molecule has 1 N–H and O–H groups in total. The second kappa shape index (κ2) is 6.23. The van der Waals surface area contributed by atoms with Crippen LogP contribution in [0.25, 0.3) is 10.4 Å². The fourth-order valence-electron chi connectivity index (χ4n) is 2.46. The van der Waals surface area contributed by atoms with Crippen molar-refractivity contribution in [2.75, 3.05) is 11.4 Å². The molecule has 0 unspecified atom stereocenters. The van der Waals surface area contributed by atoms with Crippen LogP contribution in [-0.4, -0.2) is 24.3 Å². The molecule has 2 aromatic rings. The number of imide groups is 1. The van der Waals surface area contributed by atoms with Crippen LogP contribution in [0.1, 0.15) is 20.7 Å². The predicted octanol–water partition coefficient (Wildman–Crippen LogP) is 2.55. The molecule has 118 valence electrons. The third-order valence-electron chi connectivity index (χ3n) is 3.53. The molecule has 0 saturated heterocycles. The van der Waals surface area contributed by atoms with Crippen LogP contribution < -0.4 is 10.2 Å². The lowest BCUT2D eigenvalue weighted by Gasteiger charge is -2.20. The van der Waals surface area contributed by atoms with Crippen molar-refractivity contribution < 1.29 is 14.4 Å². The maximum absolute atomic E-state index is 12.9. The largest absolute Gasteiger partial charge is 0.343 e. The molecule has 24 heavy (non-hydrogen) atoms. The van der Waals surface area contributed by atoms with Crippen molar-refractivity contribution in [2.24, 2.45) is 5.11 Å². The third kappa shape index (κ3) is 2.57. The Hall–Kier alpha value is -3.64. The first-order chi connectivity index (χ1) is 11.6. The molecule has 0 aliphatic carbocycles. The smallest absolute Gasteiger partial charge is 0.265 e. The minimum absolute atomic E-state index is 0.0767. The first-order valence-corrected chi connectivity index (χ1v) is 7.02. The van der Waals surface area contributed by atoms with Gasteiger partial charge in [0.2, 0.25) is 0 Å². The van der Waals surface area contributed by atoms with Gasteiger partial charge in [0.25, 0.3) is 17.7 Å². The predicted molar refractivity (Wildman–Crippen MR) is 85.8 cm³/mol. The zero-order valence-corrected chi connectivity index (χ0v) is 12.3. The summed E-state index contributed by atoms with van der Waals surface area (Å²) in [7, 11) is 0. The van der Waals surface area contributed by atoms with Crippen molar-refractivity contribution in [2.45, 2.75) is 0 Å². The zero-order chi connectivity index (χ0) is 17.1. The Kier molecular flexibility index (Phi) is 3.96. The van der Waals surface area contributed by atoms with Crippen LogP contribution >= 0.6 is 0 Å². The second-order valence-electron chi connectivity index (χ2n) is 4.94. The molecule has 1 aliphatic heterocycles. The lowest BCUT2D eigenvalue weighted by Crippen LogP contribution is -2.40. The summed E-state index contributed by atoms with van der Waals surface area (Å²) >= 11 is 0. The zero-order valence-electron chi connectivity index (χ0n) is 12.3. The van der Waals surface area contributed by atoms with E-state index in [1.807, 2.05) is 0 Å². The Bertz CT molecular complexity index is 902. The van der Waals surface area contributed by atoms with Gasteiger partial charge in [0.1, 0.15) is 0 Å². The molecule has 8 nitrogen and oxygen atoms in total. The lowest BCUT2D eigenvalue weighted by atomic mass is 10.1. The van der Waals surface area contributed by atoms with Gasteiger partial charge in [-0.1, -0.05) is 35.4 Å². The van der Waals surface area contributed by atoms with Crippen molar-refractivity contribution in [3.8, 4) is 0 Å². The summed E-state index contributed by atoms with van der Waals surface area (Å²) in [5.74, 6) is -1.67. The fourth-order valence-corrected chi connectivity index (χ4v) is 2.46. The van der Waals surface area contributed by atoms with E-state index in [4.69, 9.17) is 5.53 Å². The van der Waals surface area contributed by atoms with E-state index in [0.717, 1.165) is 4.90 Å². The molecule has 0 saturated carbocycles. The van der Waals surface area contributed by atoms with Crippen molar-refractivity contribution in [1.82, 2.24) is 5.32 Å². The number of fused-ring (bicyclic) bond motifs is 1. The first-order valence-electron chi connectivity index (χ1n) is 7.02. The normalized spacial score (nSPS) is 13.4. The molecule has 0 atom stereocenters. The average molecular weight is 321 g/mol. The fraction of sp³-hybridized carbons (Fsp3) is 0.0625. The molecule has 8 heteroatoms. The summed E-state index contributed by atoms with van der Waals surface area (Å²) in [4.78, 5) is 41.0. The molecule has 1 aliphatic rings. The van der Waals surface area contributed by atoms with Crippen LogP contribution in [0.3, 0.4) is 0 Å². The topological polar surface area (TPSA) is 115 Å². The van der Waals surface area contributed by atoms with Gasteiger partial charge in [0, 0.05) is 10.5 Å². The molecule has 1 heterocycles. The first kappa shape index (κ1) is 15.3. The summed E-state index contributed by atoms with van der Waals surface area (Å²) in [5.41, 5.74) is 9.24. The molecule has 0 spiro atoms. The van der Waals surface area contributed by atoms with Crippen LogP contribution in [0, 0.1) is 0 Å². The number of rotatable bonds is 2. The summed E-state index contributed by atoms with van der Waals surface area (Å²) < 4.78 is 0. The van der Waals surface area contributed by atoms with Gasteiger partial charge in [-0.25, -0.2) is 4.90 Å². The molecule has 0 radical (unpaired) electrons. The second-order valence-corrected chi connectivity index (χ2v) is 4.94. The minimum Gasteiger partial charge on any atom is -0.343 e. The number of para-hydroxylation sites is 1. The van der Waals surface area contributed by atoms with Crippen LogP contribution in [0.4, 0.5) is 11.4 Å². The Labute approximate surface area is 136 Å². The van der Waals surface area contributed by atoms with E-state index in [1.165, 1.54) is 24.3 Å². The van der Waals surface area contributed by atoms with Gasteiger partial charge in [-0.2, -0.15) is 0 Å². The molecule has 3 rings (SSSR count). The van der Waals surface area contributed by atoms with E-state index in [2.05, 4.69) is 15.3 Å². The summed E-state index contributed by atoms with van der Waals surface area (Å²) in [6, 6.07) is 12.5. The van der Waals surface area contributed by atoms with Gasteiger partial charge in [-0.15, -0.1) is 0 Å². The number of azide groups is 1. The van der Waals surface area contributed by atoms with Crippen LogP contribution in [0.5, 0.6) is 0 Å². The number of anilines is 1. The number of nitrogens with one attached hydrogen (secondary N) is 1. The number of carbonyl (C=O) groups excluding carboxylic acids is 3. The van der Waals surface area contributed by atoms with Crippen molar-refractivity contribution >= 4 is 29.1 Å². The highest BCUT2D eigenvalue weighted by Gasteiger charge is 2.32. The van der Waals surface area contributed by atoms with Crippen molar-refractivity contribution in [3.05, 3.63) is 70.1 Å². The molecule has 0 aromatic heterocycles. The molecule has 0 bridgehead atoms. The quantitative estimate of drug-likeness (QED) is 0.396. The lowest BCUT2D eigenvalue weighted by molar-refractivity contribution is -0.117. The van der Waals surface area contributed by atoms with E-state index in [9.17, 15) is 14.4 Å². The molecule has 0 fully saturated rings. The van der Waals surface area contributed by atoms with Gasteiger partial charge in [0.15, 0.2) is 0 Å². The average Bonchev–Trinajstić information content (AvgIpc) is 2.72. The highest BCUT2D eigenvalue weighted by molar-refractivity contribution is 6.26. The number of hydrogen-bond acceptors (Lipinski definition) is 4. The highest BCUT2D eigenvalue weighted by atomic mass is 16.2. The van der Waals surface area contributed by atoms with Gasteiger partial charge < -0.3 is 5.32 Å². The van der Waals surface area contributed by atoms with Crippen molar-refractivity contribution in [1.29, 1.82) is 0 Å². The number of nitrogens with zero attached hydrogens (tertiary/aromatic N) is 4. The SMILES string of the molecule is [N-]=[N+]=Nc1ccccc1C(=O)N1C(=O)CNC(=O)c2ccccc21. The van der Waals surface area contributed by atoms with Gasteiger partial charge in [-0.05, 0) is 23.7 Å².